The molecule has 0 amide bonds. The summed E-state index contributed by atoms with van der Waals surface area (Å²) in [6.07, 6.45) is -0.330. The second-order valence-corrected chi connectivity index (χ2v) is 3.26. The number of hydroxylamine groups is 2. The van der Waals surface area contributed by atoms with Gasteiger partial charge in [0.1, 0.15) is 0 Å². The van der Waals surface area contributed by atoms with Gasteiger partial charge in [0, 0.05) is 6.54 Å². The van der Waals surface area contributed by atoms with Gasteiger partial charge in [-0.25, -0.2) is 0 Å². The van der Waals surface area contributed by atoms with Crippen LogP contribution in [0.5, 0.6) is 0 Å². The van der Waals surface area contributed by atoms with E-state index in [1.165, 1.54) is 5.56 Å². The number of hydrogen-bond acceptors (Lipinski definition) is 3. The van der Waals surface area contributed by atoms with Crippen LogP contribution in [0.15, 0.2) is 30.3 Å². The molecule has 2 rings (SSSR count). The number of β-amino-alcohol motifs (C(OH)–C–C–N with tert-alkyl or cyclic N) is 1. The average Bonchev–Trinajstić information content (AvgIpc) is 2.53. The fourth-order valence-electron chi connectivity index (χ4n) is 1.43. The third-order valence-electron chi connectivity index (χ3n) is 2.07. The van der Waals surface area contributed by atoms with Gasteiger partial charge in [0.15, 0.2) is 0 Å². The lowest BCUT2D eigenvalue weighted by molar-refractivity contribution is -0.117. The van der Waals surface area contributed by atoms with Crippen molar-refractivity contribution in [2.24, 2.45) is 0 Å². The van der Waals surface area contributed by atoms with Crippen molar-refractivity contribution in [3.05, 3.63) is 35.9 Å². The van der Waals surface area contributed by atoms with E-state index in [9.17, 15) is 5.11 Å². The van der Waals surface area contributed by atoms with Crippen molar-refractivity contribution >= 4 is 0 Å². The summed E-state index contributed by atoms with van der Waals surface area (Å²) in [4.78, 5) is 5.25. The van der Waals surface area contributed by atoms with Crippen LogP contribution >= 0.6 is 0 Å². The minimum absolute atomic E-state index is 0.330. The predicted octanol–water partition coefficient (Wildman–Crippen LogP) is 0.795. The molecule has 0 radical (unpaired) electrons. The molecule has 1 aromatic rings. The zero-order valence-electron chi connectivity index (χ0n) is 7.39. The number of aliphatic hydroxyl groups excluding tert-OH is 1. The molecule has 0 aliphatic carbocycles. The van der Waals surface area contributed by atoms with Gasteiger partial charge in [-0.2, -0.15) is 5.06 Å². The second kappa shape index (κ2) is 3.87. The molecule has 1 fully saturated rings. The molecule has 0 bridgehead atoms. The summed E-state index contributed by atoms with van der Waals surface area (Å²) < 4.78 is 0. The third kappa shape index (κ3) is 2.28. The summed E-state index contributed by atoms with van der Waals surface area (Å²) in [5.41, 5.74) is 1.21. The maximum atomic E-state index is 9.21. The molecule has 0 aromatic heterocycles. The number of rotatable bonds is 2. The Hall–Kier alpha value is -0.900. The summed E-state index contributed by atoms with van der Waals surface area (Å²) in [5, 5.41) is 11.0. The van der Waals surface area contributed by atoms with Gasteiger partial charge in [-0.05, 0) is 5.56 Å². The fourth-order valence-corrected chi connectivity index (χ4v) is 1.43. The quantitative estimate of drug-likeness (QED) is 0.728. The lowest BCUT2D eigenvalue weighted by atomic mass is 10.2. The van der Waals surface area contributed by atoms with E-state index in [-0.39, 0.29) is 6.10 Å². The number of benzene rings is 1. The van der Waals surface area contributed by atoms with Crippen LogP contribution in [-0.4, -0.2) is 29.4 Å². The Bertz CT molecular complexity index is 263. The molecule has 1 aliphatic heterocycles. The molecule has 3 heteroatoms. The highest BCUT2D eigenvalue weighted by Crippen LogP contribution is 2.10. The second-order valence-electron chi connectivity index (χ2n) is 3.26. The molecule has 1 saturated heterocycles. The zero-order chi connectivity index (χ0) is 9.10. The largest absolute Gasteiger partial charge is 0.389 e. The molecule has 70 valence electrons. The molecule has 1 heterocycles. The summed E-state index contributed by atoms with van der Waals surface area (Å²) in [6.45, 7) is 1.78. The summed E-state index contributed by atoms with van der Waals surface area (Å²) in [6, 6.07) is 10.1. The Morgan fingerprint density at radius 1 is 1.38 bits per heavy atom. The van der Waals surface area contributed by atoms with Crippen molar-refractivity contribution in [2.45, 2.75) is 12.6 Å². The number of hydrogen-bond donors (Lipinski definition) is 1. The van der Waals surface area contributed by atoms with Crippen LogP contribution in [-0.2, 0) is 11.4 Å². The van der Waals surface area contributed by atoms with Gasteiger partial charge in [-0.1, -0.05) is 30.3 Å². The van der Waals surface area contributed by atoms with Gasteiger partial charge in [0.2, 0.25) is 0 Å². The van der Waals surface area contributed by atoms with Gasteiger partial charge in [-0.15, -0.1) is 0 Å². The summed E-state index contributed by atoms with van der Waals surface area (Å²) >= 11 is 0. The van der Waals surface area contributed by atoms with Gasteiger partial charge < -0.3 is 5.11 Å². The Balaban J connectivity index is 1.92. The highest BCUT2D eigenvalue weighted by molar-refractivity contribution is 5.14. The summed E-state index contributed by atoms with van der Waals surface area (Å²) in [7, 11) is 0. The molecule has 0 unspecified atom stereocenters. The van der Waals surface area contributed by atoms with Crippen molar-refractivity contribution in [1.82, 2.24) is 5.06 Å². The normalized spacial score (nSPS) is 23.6. The van der Waals surface area contributed by atoms with Crippen LogP contribution in [0.1, 0.15) is 5.56 Å². The van der Waals surface area contributed by atoms with Crippen LogP contribution in [0, 0.1) is 0 Å². The van der Waals surface area contributed by atoms with Gasteiger partial charge in [0.05, 0.1) is 19.3 Å². The van der Waals surface area contributed by atoms with E-state index in [1.807, 2.05) is 30.3 Å². The number of nitrogens with zero attached hydrogens (tertiary/aromatic N) is 1. The maximum absolute atomic E-state index is 9.21. The van der Waals surface area contributed by atoms with E-state index in [0.29, 0.717) is 13.2 Å². The number of aliphatic hydroxyl groups is 1. The van der Waals surface area contributed by atoms with E-state index < -0.39 is 0 Å². The highest BCUT2D eigenvalue weighted by atomic mass is 16.7. The standard InChI is InChI=1S/C10H13NO2/c12-10-7-11(13-8-10)6-9-4-2-1-3-5-9/h1-5,10,12H,6-8H2/t10-/m1/s1. The zero-order valence-corrected chi connectivity index (χ0v) is 7.39. The van der Waals surface area contributed by atoms with Crippen molar-refractivity contribution in [3.8, 4) is 0 Å². The first-order valence-electron chi connectivity index (χ1n) is 4.44. The minimum atomic E-state index is -0.330. The topological polar surface area (TPSA) is 32.7 Å². The van der Waals surface area contributed by atoms with Gasteiger partial charge in [-0.3, -0.25) is 4.84 Å². The SMILES string of the molecule is O[C@H]1CON(Cc2ccccc2)C1. The molecule has 3 nitrogen and oxygen atoms in total. The van der Waals surface area contributed by atoms with Crippen molar-refractivity contribution in [2.75, 3.05) is 13.2 Å². The van der Waals surface area contributed by atoms with Crippen molar-refractivity contribution in [3.63, 3.8) is 0 Å². The lowest BCUT2D eigenvalue weighted by Gasteiger charge is -2.12. The van der Waals surface area contributed by atoms with E-state index in [0.717, 1.165) is 6.54 Å². The Kier molecular flexibility index (Phi) is 2.59. The Morgan fingerprint density at radius 3 is 2.77 bits per heavy atom. The summed E-state index contributed by atoms with van der Waals surface area (Å²) in [5.74, 6) is 0. The molecule has 1 N–H and O–H groups in total. The van der Waals surface area contributed by atoms with Crippen LogP contribution < -0.4 is 0 Å². The van der Waals surface area contributed by atoms with Gasteiger partial charge >= 0.3 is 0 Å². The van der Waals surface area contributed by atoms with E-state index in [4.69, 9.17) is 4.84 Å². The third-order valence-corrected chi connectivity index (χ3v) is 2.07. The molecule has 1 aromatic carbocycles. The highest BCUT2D eigenvalue weighted by Gasteiger charge is 2.20. The first-order valence-corrected chi connectivity index (χ1v) is 4.44. The van der Waals surface area contributed by atoms with Crippen LogP contribution in [0.3, 0.4) is 0 Å². The Morgan fingerprint density at radius 2 is 2.15 bits per heavy atom. The van der Waals surface area contributed by atoms with Gasteiger partial charge in [0.25, 0.3) is 0 Å². The molecule has 1 aliphatic rings. The lowest BCUT2D eigenvalue weighted by Crippen LogP contribution is -2.20. The van der Waals surface area contributed by atoms with E-state index >= 15 is 0 Å². The van der Waals surface area contributed by atoms with Crippen molar-refractivity contribution < 1.29 is 9.94 Å². The predicted molar refractivity (Wildman–Crippen MR) is 48.8 cm³/mol. The average molecular weight is 179 g/mol. The van der Waals surface area contributed by atoms with Crippen LogP contribution in [0.4, 0.5) is 0 Å². The monoisotopic (exact) mass is 179 g/mol. The molecule has 1 atom stereocenters. The first-order chi connectivity index (χ1) is 6.34. The maximum Gasteiger partial charge on any atom is 0.0958 e. The molecule has 13 heavy (non-hydrogen) atoms. The molecule has 0 saturated carbocycles. The van der Waals surface area contributed by atoms with Crippen molar-refractivity contribution in [1.29, 1.82) is 0 Å². The molecular formula is C10H13NO2. The smallest absolute Gasteiger partial charge is 0.0958 e. The van der Waals surface area contributed by atoms with Crippen LogP contribution in [0.2, 0.25) is 0 Å². The fraction of sp³-hybridized carbons (Fsp3) is 0.400. The Labute approximate surface area is 77.5 Å². The van der Waals surface area contributed by atoms with E-state index in [1.54, 1.807) is 5.06 Å². The molecule has 0 spiro atoms. The molecular weight excluding hydrogens is 166 g/mol. The van der Waals surface area contributed by atoms with Crippen LogP contribution in [0.25, 0.3) is 0 Å². The minimum Gasteiger partial charge on any atom is -0.389 e. The van der Waals surface area contributed by atoms with E-state index in [2.05, 4.69) is 0 Å². The first kappa shape index (κ1) is 8.69.